The smallest absolute Gasteiger partial charge is 0.169 e. The molecule has 0 saturated carbocycles. The number of methoxy groups -OCH3 is 1. The summed E-state index contributed by atoms with van der Waals surface area (Å²) in [7, 11) is 1.65. The number of rotatable bonds is 6. The van der Waals surface area contributed by atoms with Gasteiger partial charge in [-0.1, -0.05) is 18.2 Å². The van der Waals surface area contributed by atoms with Crippen LogP contribution in [0.1, 0.15) is 12.2 Å². The molecule has 2 aromatic heterocycles. The molecule has 166 valence electrons. The van der Waals surface area contributed by atoms with Gasteiger partial charge in [0.25, 0.3) is 0 Å². The standard InChI is InChI=1S/C23H27N7O2/c1-32-15-4-8-21-25-10-9-22(26-21)30-12-5-11-29(13-14-30)19-16-18(27-28-23(19)24)17-6-2-3-7-20(17)31/h2-4,6-10,16,31H,5,11-15H2,1H3,(H2,24,28)/b8-4+. The summed E-state index contributed by atoms with van der Waals surface area (Å²) in [6.07, 6.45) is 6.47. The lowest BCUT2D eigenvalue weighted by Crippen LogP contribution is -2.31. The fraction of sp³-hybridized carbons (Fsp3) is 0.304. The van der Waals surface area contributed by atoms with Crippen molar-refractivity contribution in [3.05, 3.63) is 54.5 Å². The lowest BCUT2D eigenvalue weighted by atomic mass is 10.1. The summed E-state index contributed by atoms with van der Waals surface area (Å²) >= 11 is 0. The van der Waals surface area contributed by atoms with E-state index in [1.165, 1.54) is 0 Å². The number of hydrogen-bond acceptors (Lipinski definition) is 9. The maximum Gasteiger partial charge on any atom is 0.169 e. The van der Waals surface area contributed by atoms with E-state index < -0.39 is 0 Å². The normalized spacial score (nSPS) is 14.7. The predicted octanol–water partition coefficient (Wildman–Crippen LogP) is 2.60. The molecule has 4 rings (SSSR count). The number of benzene rings is 1. The number of hydrogen-bond donors (Lipinski definition) is 2. The van der Waals surface area contributed by atoms with Crippen molar-refractivity contribution in [1.29, 1.82) is 0 Å². The third-order valence-corrected chi connectivity index (χ3v) is 5.33. The summed E-state index contributed by atoms with van der Waals surface area (Å²) in [6.45, 7) is 3.77. The second-order valence-corrected chi connectivity index (χ2v) is 7.48. The summed E-state index contributed by atoms with van der Waals surface area (Å²) < 4.78 is 5.04. The Balaban J connectivity index is 1.51. The Labute approximate surface area is 187 Å². The molecule has 32 heavy (non-hydrogen) atoms. The molecular weight excluding hydrogens is 406 g/mol. The molecule has 0 bridgehead atoms. The molecule has 0 unspecified atom stereocenters. The number of anilines is 3. The van der Waals surface area contributed by atoms with Gasteiger partial charge in [0.2, 0.25) is 0 Å². The van der Waals surface area contributed by atoms with Crippen LogP contribution >= 0.6 is 0 Å². The molecule has 0 aliphatic carbocycles. The minimum Gasteiger partial charge on any atom is -0.507 e. The van der Waals surface area contributed by atoms with Crippen LogP contribution in [0.4, 0.5) is 17.3 Å². The number of phenols is 1. The van der Waals surface area contributed by atoms with Crippen molar-refractivity contribution in [1.82, 2.24) is 20.2 Å². The number of nitrogens with zero attached hydrogens (tertiary/aromatic N) is 6. The van der Waals surface area contributed by atoms with Gasteiger partial charge in [0.1, 0.15) is 11.6 Å². The number of aromatic hydroxyl groups is 1. The van der Waals surface area contributed by atoms with Gasteiger partial charge in [0.05, 0.1) is 18.0 Å². The van der Waals surface area contributed by atoms with E-state index in [1.54, 1.807) is 25.4 Å². The van der Waals surface area contributed by atoms with Gasteiger partial charge in [-0.05, 0) is 36.8 Å². The largest absolute Gasteiger partial charge is 0.507 e. The topological polar surface area (TPSA) is 114 Å². The number of nitrogens with two attached hydrogens (primary N) is 1. The van der Waals surface area contributed by atoms with Crippen molar-refractivity contribution >= 4 is 23.4 Å². The van der Waals surface area contributed by atoms with Gasteiger partial charge in [0, 0.05) is 45.0 Å². The first-order valence-electron chi connectivity index (χ1n) is 10.6. The van der Waals surface area contributed by atoms with Crippen LogP contribution in [0.25, 0.3) is 17.3 Å². The van der Waals surface area contributed by atoms with E-state index in [0.717, 1.165) is 44.1 Å². The summed E-state index contributed by atoms with van der Waals surface area (Å²) in [6, 6.07) is 10.9. The number of ether oxygens (including phenoxy) is 1. The van der Waals surface area contributed by atoms with Crippen molar-refractivity contribution in [3.8, 4) is 17.0 Å². The Morgan fingerprint density at radius 2 is 1.91 bits per heavy atom. The highest BCUT2D eigenvalue weighted by Crippen LogP contribution is 2.31. The van der Waals surface area contributed by atoms with Crippen LogP contribution < -0.4 is 15.5 Å². The number of nitrogen functional groups attached to an aromatic ring is 1. The average Bonchev–Trinajstić information content (AvgIpc) is 3.07. The quantitative estimate of drug-likeness (QED) is 0.605. The summed E-state index contributed by atoms with van der Waals surface area (Å²) in [5.41, 5.74) is 8.23. The molecular formula is C23H27N7O2. The third kappa shape index (κ3) is 4.94. The summed E-state index contributed by atoms with van der Waals surface area (Å²) in [5, 5.41) is 18.5. The van der Waals surface area contributed by atoms with Gasteiger partial charge >= 0.3 is 0 Å². The highest BCUT2D eigenvalue weighted by atomic mass is 16.5. The Morgan fingerprint density at radius 3 is 2.75 bits per heavy atom. The fourth-order valence-corrected chi connectivity index (χ4v) is 3.72. The lowest BCUT2D eigenvalue weighted by Gasteiger charge is -2.25. The Hall–Kier alpha value is -3.72. The van der Waals surface area contributed by atoms with Crippen molar-refractivity contribution in [3.63, 3.8) is 0 Å². The van der Waals surface area contributed by atoms with E-state index in [-0.39, 0.29) is 5.75 Å². The minimum absolute atomic E-state index is 0.165. The molecule has 1 fully saturated rings. The van der Waals surface area contributed by atoms with E-state index in [4.69, 9.17) is 10.5 Å². The molecule has 9 nitrogen and oxygen atoms in total. The van der Waals surface area contributed by atoms with Crippen molar-refractivity contribution in [2.75, 3.05) is 55.4 Å². The van der Waals surface area contributed by atoms with Crippen LogP contribution in [0.2, 0.25) is 0 Å². The monoisotopic (exact) mass is 433 g/mol. The molecule has 3 heterocycles. The van der Waals surface area contributed by atoms with Gasteiger partial charge in [0.15, 0.2) is 11.6 Å². The highest BCUT2D eigenvalue weighted by Gasteiger charge is 2.20. The first kappa shape index (κ1) is 21.5. The van der Waals surface area contributed by atoms with Crippen molar-refractivity contribution in [2.24, 2.45) is 0 Å². The number of phenolic OH excluding ortho intramolecular Hbond substituents is 1. The number of aromatic nitrogens is 4. The van der Waals surface area contributed by atoms with Gasteiger partial charge in [-0.15, -0.1) is 10.2 Å². The lowest BCUT2D eigenvalue weighted by molar-refractivity contribution is 0.234. The Kier molecular flexibility index (Phi) is 6.76. The van der Waals surface area contributed by atoms with Crippen LogP contribution in [-0.2, 0) is 4.74 Å². The van der Waals surface area contributed by atoms with Crippen molar-refractivity contribution in [2.45, 2.75) is 6.42 Å². The summed E-state index contributed by atoms with van der Waals surface area (Å²) in [4.78, 5) is 13.4. The maximum atomic E-state index is 10.2. The maximum absolute atomic E-state index is 10.2. The molecule has 3 N–H and O–H groups in total. The van der Waals surface area contributed by atoms with Crippen LogP contribution in [0.5, 0.6) is 5.75 Å². The molecule has 1 aliphatic rings. The Morgan fingerprint density at radius 1 is 1.09 bits per heavy atom. The molecule has 9 heteroatoms. The minimum atomic E-state index is 0.165. The van der Waals surface area contributed by atoms with E-state index >= 15 is 0 Å². The Bertz CT molecular complexity index is 1090. The van der Waals surface area contributed by atoms with E-state index in [0.29, 0.717) is 29.5 Å². The van der Waals surface area contributed by atoms with Gasteiger partial charge in [-0.2, -0.15) is 0 Å². The molecule has 0 spiro atoms. The van der Waals surface area contributed by atoms with E-state index in [9.17, 15) is 5.11 Å². The first-order chi connectivity index (χ1) is 15.7. The first-order valence-corrected chi connectivity index (χ1v) is 10.6. The van der Waals surface area contributed by atoms with Gasteiger partial charge in [-0.25, -0.2) is 9.97 Å². The zero-order valence-corrected chi connectivity index (χ0v) is 18.1. The molecule has 1 aromatic carbocycles. The second kappa shape index (κ2) is 10.1. The predicted molar refractivity (Wildman–Crippen MR) is 126 cm³/mol. The highest BCUT2D eigenvalue weighted by molar-refractivity contribution is 5.74. The van der Waals surface area contributed by atoms with Gasteiger partial charge < -0.3 is 25.4 Å². The number of para-hydroxylation sites is 1. The van der Waals surface area contributed by atoms with Crippen LogP contribution in [0.15, 0.2) is 48.7 Å². The summed E-state index contributed by atoms with van der Waals surface area (Å²) in [5.74, 6) is 2.11. The van der Waals surface area contributed by atoms with Gasteiger partial charge in [-0.3, -0.25) is 0 Å². The van der Waals surface area contributed by atoms with Crippen LogP contribution in [0, 0.1) is 0 Å². The molecule has 3 aromatic rings. The zero-order chi connectivity index (χ0) is 22.3. The van der Waals surface area contributed by atoms with Crippen LogP contribution in [0.3, 0.4) is 0 Å². The van der Waals surface area contributed by atoms with Crippen LogP contribution in [-0.4, -0.2) is 65.2 Å². The molecule has 0 radical (unpaired) electrons. The fourth-order valence-electron chi connectivity index (χ4n) is 3.72. The average molecular weight is 434 g/mol. The zero-order valence-electron chi connectivity index (χ0n) is 18.1. The van der Waals surface area contributed by atoms with E-state index in [2.05, 4.69) is 30.0 Å². The second-order valence-electron chi connectivity index (χ2n) is 7.48. The van der Waals surface area contributed by atoms with E-state index in [1.807, 2.05) is 36.4 Å². The third-order valence-electron chi connectivity index (χ3n) is 5.33. The molecule has 0 amide bonds. The molecule has 1 saturated heterocycles. The SMILES string of the molecule is COC/C=C/c1nccc(N2CCCN(c3cc(-c4ccccc4O)nnc3N)CC2)n1. The van der Waals surface area contributed by atoms with Crippen molar-refractivity contribution < 1.29 is 9.84 Å². The molecule has 0 atom stereocenters. The molecule has 1 aliphatic heterocycles.